The Labute approximate surface area is 142 Å². The van der Waals surface area contributed by atoms with Crippen LogP contribution >= 0.6 is 0 Å². The molecule has 6 heteroatoms. The largest absolute Gasteiger partial charge is 0.369 e. The zero-order valence-electron chi connectivity index (χ0n) is 14.2. The smallest absolute Gasteiger partial charge is 0.224 e. The molecular weight excluding hydrogens is 306 g/mol. The van der Waals surface area contributed by atoms with Gasteiger partial charge in [-0.3, -0.25) is 14.4 Å². The highest BCUT2D eigenvalue weighted by Gasteiger charge is 2.27. The Bertz CT molecular complexity index is 604. The fourth-order valence-electron chi connectivity index (χ4n) is 3.01. The van der Waals surface area contributed by atoms with Crippen LogP contribution in [0, 0.1) is 12.8 Å². The molecule has 1 aliphatic rings. The monoisotopic (exact) mass is 331 g/mol. The minimum absolute atomic E-state index is 0.0164. The number of nitrogens with one attached hydrogen (secondary N) is 1. The van der Waals surface area contributed by atoms with E-state index < -0.39 is 0 Å². The Morgan fingerprint density at radius 1 is 1.21 bits per heavy atom. The van der Waals surface area contributed by atoms with Gasteiger partial charge in [0.05, 0.1) is 12.5 Å². The molecule has 0 bridgehead atoms. The summed E-state index contributed by atoms with van der Waals surface area (Å²) in [5.74, 6) is -0.617. The van der Waals surface area contributed by atoms with Gasteiger partial charge < -0.3 is 16.0 Å². The lowest BCUT2D eigenvalue weighted by atomic mass is 9.95. The first-order valence-electron chi connectivity index (χ1n) is 8.27. The van der Waals surface area contributed by atoms with Gasteiger partial charge in [0.2, 0.25) is 17.7 Å². The van der Waals surface area contributed by atoms with Crippen molar-refractivity contribution < 1.29 is 14.4 Å². The van der Waals surface area contributed by atoms with E-state index in [1.807, 2.05) is 31.2 Å². The Hall–Kier alpha value is -2.37. The molecule has 1 fully saturated rings. The van der Waals surface area contributed by atoms with Gasteiger partial charge in [0.25, 0.3) is 0 Å². The number of nitrogens with two attached hydrogens (primary N) is 1. The number of carbonyl (C=O) groups excluding carboxylic acids is 3. The summed E-state index contributed by atoms with van der Waals surface area (Å²) in [6.45, 7) is 4.51. The molecule has 3 N–H and O–H groups in total. The highest BCUT2D eigenvalue weighted by molar-refractivity contribution is 5.80. The van der Waals surface area contributed by atoms with Crippen molar-refractivity contribution in [1.82, 2.24) is 10.2 Å². The number of aryl methyl sites for hydroxylation is 1. The molecule has 24 heavy (non-hydrogen) atoms. The first-order valence-corrected chi connectivity index (χ1v) is 8.27. The van der Waals surface area contributed by atoms with Crippen molar-refractivity contribution in [2.75, 3.05) is 13.1 Å². The van der Waals surface area contributed by atoms with Gasteiger partial charge in [0.15, 0.2) is 0 Å². The number of piperidine rings is 1. The van der Waals surface area contributed by atoms with Crippen LogP contribution in [0.4, 0.5) is 0 Å². The zero-order chi connectivity index (χ0) is 17.7. The van der Waals surface area contributed by atoms with Crippen LogP contribution in [0.3, 0.4) is 0 Å². The quantitative estimate of drug-likeness (QED) is 0.851. The van der Waals surface area contributed by atoms with Gasteiger partial charge in [-0.15, -0.1) is 0 Å². The molecule has 1 atom stereocenters. The van der Waals surface area contributed by atoms with Crippen molar-refractivity contribution in [2.45, 2.75) is 39.2 Å². The topological polar surface area (TPSA) is 92.5 Å². The van der Waals surface area contributed by atoms with Gasteiger partial charge in [-0.05, 0) is 25.3 Å². The molecule has 1 heterocycles. The molecule has 0 aromatic heterocycles. The predicted molar refractivity (Wildman–Crippen MR) is 90.9 cm³/mol. The minimum Gasteiger partial charge on any atom is -0.369 e. The molecule has 0 saturated carbocycles. The number of nitrogens with zero attached hydrogens (tertiary/aromatic N) is 1. The van der Waals surface area contributed by atoms with Crippen molar-refractivity contribution in [3.05, 3.63) is 35.4 Å². The summed E-state index contributed by atoms with van der Waals surface area (Å²) in [5, 5.41) is 2.85. The molecule has 130 valence electrons. The number of carbonyl (C=O) groups is 3. The number of amides is 3. The Kier molecular flexibility index (Phi) is 5.95. The summed E-state index contributed by atoms with van der Waals surface area (Å²) in [4.78, 5) is 37.0. The third-order valence-corrected chi connectivity index (χ3v) is 4.49. The second-order valence-corrected chi connectivity index (χ2v) is 6.43. The van der Waals surface area contributed by atoms with E-state index in [4.69, 9.17) is 5.73 Å². The lowest BCUT2D eigenvalue weighted by molar-refractivity contribution is -0.135. The van der Waals surface area contributed by atoms with Crippen molar-refractivity contribution >= 4 is 17.7 Å². The van der Waals surface area contributed by atoms with Crippen LogP contribution in [-0.2, 0) is 14.4 Å². The summed E-state index contributed by atoms with van der Waals surface area (Å²) in [6.07, 6.45) is 1.43. The van der Waals surface area contributed by atoms with Gasteiger partial charge in [0.1, 0.15) is 0 Å². The number of hydrogen-bond acceptors (Lipinski definition) is 3. The van der Waals surface area contributed by atoms with Gasteiger partial charge in [-0.2, -0.15) is 0 Å². The molecule has 0 unspecified atom stereocenters. The second-order valence-electron chi connectivity index (χ2n) is 6.43. The fraction of sp³-hybridized carbons (Fsp3) is 0.500. The summed E-state index contributed by atoms with van der Waals surface area (Å²) < 4.78 is 0. The van der Waals surface area contributed by atoms with Crippen LogP contribution in [0.25, 0.3) is 0 Å². The number of hydrogen-bond donors (Lipinski definition) is 2. The number of likely N-dealkylation sites (tertiary alicyclic amines) is 1. The highest BCUT2D eigenvalue weighted by Crippen LogP contribution is 2.22. The van der Waals surface area contributed by atoms with Crippen molar-refractivity contribution in [1.29, 1.82) is 0 Å². The van der Waals surface area contributed by atoms with Crippen molar-refractivity contribution in [3.8, 4) is 0 Å². The first kappa shape index (κ1) is 18.0. The highest BCUT2D eigenvalue weighted by atomic mass is 16.2. The minimum atomic E-state index is -0.343. The zero-order valence-corrected chi connectivity index (χ0v) is 14.2. The van der Waals surface area contributed by atoms with Crippen LogP contribution in [0.5, 0.6) is 0 Å². The van der Waals surface area contributed by atoms with E-state index in [9.17, 15) is 14.4 Å². The molecule has 0 spiro atoms. The van der Waals surface area contributed by atoms with E-state index in [0.717, 1.165) is 11.1 Å². The average molecular weight is 331 g/mol. The molecule has 6 nitrogen and oxygen atoms in total. The van der Waals surface area contributed by atoms with Crippen LogP contribution < -0.4 is 11.1 Å². The molecule has 1 saturated heterocycles. The van der Waals surface area contributed by atoms with Gasteiger partial charge >= 0.3 is 0 Å². The summed E-state index contributed by atoms with van der Waals surface area (Å²) in [5.41, 5.74) is 7.36. The molecule has 1 aromatic carbocycles. The summed E-state index contributed by atoms with van der Waals surface area (Å²) in [6, 6.07) is 7.45. The van der Waals surface area contributed by atoms with Gasteiger partial charge in [0, 0.05) is 25.9 Å². The third-order valence-electron chi connectivity index (χ3n) is 4.49. The van der Waals surface area contributed by atoms with Crippen molar-refractivity contribution in [3.63, 3.8) is 0 Å². The van der Waals surface area contributed by atoms with E-state index in [1.165, 1.54) is 6.92 Å². The number of primary amides is 1. The van der Waals surface area contributed by atoms with E-state index >= 15 is 0 Å². The van der Waals surface area contributed by atoms with E-state index in [1.54, 1.807) is 4.90 Å². The van der Waals surface area contributed by atoms with Gasteiger partial charge in [-0.25, -0.2) is 0 Å². The lowest BCUT2D eigenvalue weighted by Gasteiger charge is -2.32. The maximum atomic E-state index is 12.6. The number of rotatable bonds is 5. The van der Waals surface area contributed by atoms with Crippen LogP contribution in [0.1, 0.15) is 43.4 Å². The molecule has 0 radical (unpaired) electrons. The summed E-state index contributed by atoms with van der Waals surface area (Å²) >= 11 is 0. The third kappa shape index (κ3) is 4.81. The Morgan fingerprint density at radius 2 is 1.79 bits per heavy atom. The maximum absolute atomic E-state index is 12.6. The van der Waals surface area contributed by atoms with Crippen LogP contribution in [-0.4, -0.2) is 35.7 Å². The van der Waals surface area contributed by atoms with E-state index in [2.05, 4.69) is 5.32 Å². The standard InChI is InChI=1S/C18H25N3O3/c1-12-3-5-14(6-4-12)16(20-13(2)22)11-17(23)21-9-7-15(8-10-21)18(19)24/h3-6,15-16H,7-11H2,1-2H3,(H2,19,24)(H,20,22)/t16-/m0/s1. The summed E-state index contributed by atoms with van der Waals surface area (Å²) in [7, 11) is 0. The van der Waals surface area contributed by atoms with Crippen molar-refractivity contribution in [2.24, 2.45) is 11.7 Å². The van der Waals surface area contributed by atoms with Crippen LogP contribution in [0.15, 0.2) is 24.3 Å². The molecular formula is C18H25N3O3. The molecule has 2 rings (SSSR count). The molecule has 1 aliphatic heterocycles. The predicted octanol–water partition coefficient (Wildman–Crippen LogP) is 1.29. The molecule has 0 aliphatic carbocycles. The average Bonchev–Trinajstić information content (AvgIpc) is 2.54. The van der Waals surface area contributed by atoms with E-state index in [0.29, 0.717) is 25.9 Å². The fourth-order valence-corrected chi connectivity index (χ4v) is 3.01. The molecule has 3 amide bonds. The number of benzene rings is 1. The molecule has 1 aromatic rings. The normalized spacial score (nSPS) is 16.5. The van der Waals surface area contributed by atoms with E-state index in [-0.39, 0.29) is 36.1 Å². The SMILES string of the molecule is CC(=O)N[C@@H](CC(=O)N1CCC(C(N)=O)CC1)c1ccc(C)cc1. The lowest BCUT2D eigenvalue weighted by Crippen LogP contribution is -2.43. The Balaban J connectivity index is 2.01. The maximum Gasteiger partial charge on any atom is 0.224 e. The van der Waals surface area contributed by atoms with Crippen LogP contribution in [0.2, 0.25) is 0 Å². The second kappa shape index (κ2) is 7.95. The first-order chi connectivity index (χ1) is 11.4. The van der Waals surface area contributed by atoms with Gasteiger partial charge in [-0.1, -0.05) is 29.8 Å². The Morgan fingerprint density at radius 3 is 2.29 bits per heavy atom.